The lowest BCUT2D eigenvalue weighted by atomic mass is 9.94. The molecule has 1 aliphatic heterocycles. The lowest BCUT2D eigenvalue weighted by molar-refractivity contribution is -0.178. The van der Waals surface area contributed by atoms with Gasteiger partial charge in [0.05, 0.1) is 12.2 Å². The SMILES string of the molecule is CCCCOC(=O)[C@H]1CC(=O)CC(C)(C)O1. The third kappa shape index (κ3) is 3.93. The van der Waals surface area contributed by atoms with Gasteiger partial charge in [-0.1, -0.05) is 13.3 Å². The van der Waals surface area contributed by atoms with Gasteiger partial charge in [-0.2, -0.15) is 0 Å². The van der Waals surface area contributed by atoms with E-state index >= 15 is 0 Å². The summed E-state index contributed by atoms with van der Waals surface area (Å²) in [5, 5.41) is 0. The van der Waals surface area contributed by atoms with Crippen LogP contribution < -0.4 is 0 Å². The third-order valence-electron chi connectivity index (χ3n) is 2.50. The van der Waals surface area contributed by atoms with Crippen LogP contribution in [0.2, 0.25) is 0 Å². The predicted octanol–water partition coefficient (Wildman–Crippen LogP) is 1.86. The first-order valence-corrected chi connectivity index (χ1v) is 5.81. The molecule has 16 heavy (non-hydrogen) atoms. The molecule has 0 radical (unpaired) electrons. The van der Waals surface area contributed by atoms with Crippen LogP contribution in [0.3, 0.4) is 0 Å². The quantitative estimate of drug-likeness (QED) is 0.544. The fraction of sp³-hybridized carbons (Fsp3) is 0.833. The molecule has 92 valence electrons. The smallest absolute Gasteiger partial charge is 0.335 e. The van der Waals surface area contributed by atoms with E-state index < -0.39 is 17.7 Å². The molecule has 0 aromatic heterocycles. The molecule has 1 heterocycles. The fourth-order valence-electron chi connectivity index (χ4n) is 1.76. The summed E-state index contributed by atoms with van der Waals surface area (Å²) in [4.78, 5) is 23.0. The zero-order chi connectivity index (χ0) is 12.2. The Morgan fingerprint density at radius 2 is 2.25 bits per heavy atom. The number of rotatable bonds is 4. The number of ketones is 1. The standard InChI is InChI=1S/C12H20O4/c1-4-5-6-15-11(14)10-7-9(13)8-12(2,3)16-10/h10H,4-8H2,1-3H3/t10-/m1/s1. The monoisotopic (exact) mass is 228 g/mol. The summed E-state index contributed by atoms with van der Waals surface area (Å²) < 4.78 is 10.6. The zero-order valence-electron chi connectivity index (χ0n) is 10.2. The maximum Gasteiger partial charge on any atom is 0.335 e. The van der Waals surface area contributed by atoms with Crippen LogP contribution in [-0.2, 0) is 19.1 Å². The highest BCUT2D eigenvalue weighted by atomic mass is 16.6. The van der Waals surface area contributed by atoms with Gasteiger partial charge in [0.25, 0.3) is 0 Å². The molecule has 4 nitrogen and oxygen atoms in total. The van der Waals surface area contributed by atoms with Crippen LogP contribution in [0.15, 0.2) is 0 Å². The van der Waals surface area contributed by atoms with E-state index in [1.54, 1.807) is 0 Å². The van der Waals surface area contributed by atoms with Gasteiger partial charge >= 0.3 is 5.97 Å². The van der Waals surface area contributed by atoms with E-state index in [2.05, 4.69) is 0 Å². The third-order valence-corrected chi connectivity index (χ3v) is 2.50. The molecular formula is C12H20O4. The minimum absolute atomic E-state index is 0.0636. The summed E-state index contributed by atoms with van der Waals surface area (Å²) in [6.45, 7) is 6.06. The molecule has 1 fully saturated rings. The van der Waals surface area contributed by atoms with E-state index in [1.807, 2.05) is 20.8 Å². The van der Waals surface area contributed by atoms with Gasteiger partial charge in [-0.3, -0.25) is 4.79 Å². The average molecular weight is 228 g/mol. The largest absolute Gasteiger partial charge is 0.464 e. The van der Waals surface area contributed by atoms with Crippen LogP contribution in [0.1, 0.15) is 46.5 Å². The summed E-state index contributed by atoms with van der Waals surface area (Å²) in [5.41, 5.74) is -0.552. The highest BCUT2D eigenvalue weighted by molar-refractivity contribution is 5.87. The molecule has 1 saturated heterocycles. The molecule has 1 aliphatic rings. The summed E-state index contributed by atoms with van der Waals surface area (Å²) in [6, 6.07) is 0. The van der Waals surface area contributed by atoms with Crippen molar-refractivity contribution in [3.05, 3.63) is 0 Å². The Morgan fingerprint density at radius 3 is 2.81 bits per heavy atom. The number of hydrogen-bond acceptors (Lipinski definition) is 4. The Morgan fingerprint density at radius 1 is 1.56 bits per heavy atom. The van der Waals surface area contributed by atoms with Crippen molar-refractivity contribution >= 4 is 11.8 Å². The molecule has 0 bridgehead atoms. The number of ether oxygens (including phenoxy) is 2. The summed E-state index contributed by atoms with van der Waals surface area (Å²) in [5.74, 6) is -0.344. The molecule has 0 N–H and O–H groups in total. The Labute approximate surface area is 96.3 Å². The summed E-state index contributed by atoms with van der Waals surface area (Å²) >= 11 is 0. The number of Topliss-reactive ketones (excluding diaryl/α,β-unsaturated/α-hetero) is 1. The number of esters is 1. The maximum absolute atomic E-state index is 11.6. The Hall–Kier alpha value is -0.900. The molecule has 1 atom stereocenters. The highest BCUT2D eigenvalue weighted by Crippen LogP contribution is 2.26. The van der Waals surface area contributed by atoms with Crippen molar-refractivity contribution in [2.24, 2.45) is 0 Å². The average Bonchev–Trinajstić information content (AvgIpc) is 2.14. The molecule has 1 rings (SSSR count). The molecule has 0 unspecified atom stereocenters. The molecule has 0 spiro atoms. The van der Waals surface area contributed by atoms with Gasteiger partial charge in [-0.05, 0) is 20.3 Å². The van der Waals surface area contributed by atoms with Crippen molar-refractivity contribution in [2.75, 3.05) is 6.61 Å². The van der Waals surface area contributed by atoms with E-state index in [9.17, 15) is 9.59 Å². The van der Waals surface area contributed by atoms with E-state index in [4.69, 9.17) is 9.47 Å². The minimum Gasteiger partial charge on any atom is -0.464 e. The van der Waals surface area contributed by atoms with Gasteiger partial charge in [-0.25, -0.2) is 4.79 Å². The van der Waals surface area contributed by atoms with Gasteiger partial charge < -0.3 is 9.47 Å². The fourth-order valence-corrected chi connectivity index (χ4v) is 1.76. The van der Waals surface area contributed by atoms with Crippen LogP contribution in [-0.4, -0.2) is 30.1 Å². The van der Waals surface area contributed by atoms with Crippen molar-refractivity contribution in [3.63, 3.8) is 0 Å². The topological polar surface area (TPSA) is 52.6 Å². The van der Waals surface area contributed by atoms with Crippen LogP contribution in [0, 0.1) is 0 Å². The molecule has 0 aromatic carbocycles. The second-order valence-corrected chi connectivity index (χ2v) is 4.81. The lowest BCUT2D eigenvalue weighted by Crippen LogP contribution is -2.44. The van der Waals surface area contributed by atoms with E-state index in [0.717, 1.165) is 12.8 Å². The molecule has 0 aromatic rings. The maximum atomic E-state index is 11.6. The van der Waals surface area contributed by atoms with Gasteiger partial charge in [0.15, 0.2) is 6.10 Å². The normalized spacial score (nSPS) is 24.2. The molecule has 0 amide bonds. The van der Waals surface area contributed by atoms with Crippen LogP contribution in [0.4, 0.5) is 0 Å². The van der Waals surface area contributed by atoms with Gasteiger partial charge in [-0.15, -0.1) is 0 Å². The minimum atomic E-state index is -0.715. The molecule has 4 heteroatoms. The zero-order valence-corrected chi connectivity index (χ0v) is 10.2. The summed E-state index contributed by atoms with van der Waals surface area (Å²) in [7, 11) is 0. The van der Waals surface area contributed by atoms with Crippen molar-refractivity contribution < 1.29 is 19.1 Å². The second kappa shape index (κ2) is 5.43. The molecular weight excluding hydrogens is 208 g/mol. The van der Waals surface area contributed by atoms with E-state index in [0.29, 0.717) is 13.0 Å². The predicted molar refractivity (Wildman–Crippen MR) is 59.1 cm³/mol. The molecule has 0 aliphatic carbocycles. The number of carbonyl (C=O) groups is 2. The second-order valence-electron chi connectivity index (χ2n) is 4.81. The van der Waals surface area contributed by atoms with Crippen LogP contribution >= 0.6 is 0 Å². The van der Waals surface area contributed by atoms with Crippen molar-refractivity contribution in [3.8, 4) is 0 Å². The Bertz CT molecular complexity index is 270. The van der Waals surface area contributed by atoms with Gasteiger partial charge in [0, 0.05) is 12.8 Å². The van der Waals surface area contributed by atoms with Crippen molar-refractivity contribution in [1.29, 1.82) is 0 Å². The van der Waals surface area contributed by atoms with Crippen LogP contribution in [0.5, 0.6) is 0 Å². The summed E-state index contributed by atoms with van der Waals surface area (Å²) in [6.07, 6.45) is 1.62. The first kappa shape index (κ1) is 13.2. The molecule has 0 saturated carbocycles. The number of unbranched alkanes of at least 4 members (excludes halogenated alkanes) is 1. The first-order valence-electron chi connectivity index (χ1n) is 5.81. The Kier molecular flexibility index (Phi) is 4.47. The Balaban J connectivity index is 2.46. The van der Waals surface area contributed by atoms with E-state index in [-0.39, 0.29) is 12.2 Å². The van der Waals surface area contributed by atoms with E-state index in [1.165, 1.54) is 0 Å². The van der Waals surface area contributed by atoms with Crippen molar-refractivity contribution in [2.45, 2.75) is 58.2 Å². The highest BCUT2D eigenvalue weighted by Gasteiger charge is 2.37. The first-order chi connectivity index (χ1) is 7.44. The lowest BCUT2D eigenvalue weighted by Gasteiger charge is -2.33. The number of hydrogen-bond donors (Lipinski definition) is 0. The van der Waals surface area contributed by atoms with Crippen molar-refractivity contribution in [1.82, 2.24) is 0 Å². The van der Waals surface area contributed by atoms with Gasteiger partial charge in [0.1, 0.15) is 5.78 Å². The van der Waals surface area contributed by atoms with Crippen LogP contribution in [0.25, 0.3) is 0 Å². The number of carbonyl (C=O) groups excluding carboxylic acids is 2. The van der Waals surface area contributed by atoms with Gasteiger partial charge in [0.2, 0.25) is 0 Å².